The Morgan fingerprint density at radius 1 is 0.571 bits per heavy atom. The fourth-order valence-electron chi connectivity index (χ4n) is 0. The molecule has 0 aliphatic rings. The van der Waals surface area contributed by atoms with Crippen LogP contribution < -0.4 is 0 Å². The van der Waals surface area contributed by atoms with Crippen LogP contribution in [-0.2, 0) is 26.2 Å². The largest absolute Gasteiger partial charge is 3.00 e. The van der Waals surface area contributed by atoms with E-state index in [2.05, 4.69) is 0 Å². The summed E-state index contributed by atoms with van der Waals surface area (Å²) < 4.78 is 0. The second kappa shape index (κ2) is 22.5. The Hall–Kier alpha value is -1.56. The zero-order valence-electron chi connectivity index (χ0n) is 6.02. The molecule has 0 saturated heterocycles. The first-order valence-corrected chi connectivity index (χ1v) is 1.64. The third-order valence-electron chi connectivity index (χ3n) is 0. The van der Waals surface area contributed by atoms with Gasteiger partial charge in [0.25, 0.3) is 0 Å². The number of hydrogen-bond acceptors (Lipinski definition) is 9. The molecule has 0 bridgehead atoms. The molecule has 13 nitrogen and oxygen atoms in total. The minimum Gasteiger partial charge on any atom is -0.412 e. The molecule has 0 heterocycles. The van der Waals surface area contributed by atoms with Gasteiger partial charge in [0, 0.05) is 0 Å². The quantitative estimate of drug-likeness (QED) is 0.371. The summed E-state index contributed by atoms with van der Waals surface area (Å²) in [6, 6.07) is 0. The van der Waals surface area contributed by atoms with Gasteiger partial charge in [-0.25, -0.2) is 0 Å². The Balaban J connectivity index is -0.0000000270. The predicted molar refractivity (Wildman–Crippen MR) is 34.7 cm³/mol. The zero-order chi connectivity index (χ0) is 10.7. The third-order valence-corrected chi connectivity index (χ3v) is 0. The molecule has 0 aromatic heterocycles. The Morgan fingerprint density at radius 3 is 0.571 bits per heavy atom. The van der Waals surface area contributed by atoms with Gasteiger partial charge in [-0.1, -0.05) is 0 Å². The Kier molecular flexibility index (Phi) is 47.3. The van der Waals surface area contributed by atoms with Gasteiger partial charge in [-0.2, -0.15) is 0 Å². The first-order valence-electron chi connectivity index (χ1n) is 1.64. The molecule has 14 heteroatoms. The van der Waals surface area contributed by atoms with Gasteiger partial charge in [0.1, 0.15) is 0 Å². The van der Waals surface area contributed by atoms with Crippen LogP contribution in [-0.4, -0.2) is 20.7 Å². The molecule has 0 aromatic rings. The van der Waals surface area contributed by atoms with Gasteiger partial charge >= 0.3 is 26.2 Å². The average Bonchev–Trinajstić information content (AvgIpc) is 1.54. The third kappa shape index (κ3) is 384. The van der Waals surface area contributed by atoms with E-state index >= 15 is 0 Å². The van der Waals surface area contributed by atoms with Crippen LogP contribution in [0.25, 0.3) is 0 Å². The van der Waals surface area contributed by atoms with Crippen LogP contribution in [0.2, 0.25) is 0 Å². The van der Waals surface area contributed by atoms with E-state index < -0.39 is 15.3 Å². The molecule has 0 aliphatic carbocycles. The molecular weight excluding hydrogens is 293 g/mol. The van der Waals surface area contributed by atoms with E-state index in [-0.39, 0.29) is 31.7 Å². The van der Waals surface area contributed by atoms with Crippen LogP contribution >= 0.6 is 0 Å². The van der Waals surface area contributed by atoms with Gasteiger partial charge in [0.05, 0.1) is 15.3 Å². The standard InChI is InChI=1S/3NO3.H2O.Zr/c3*2-1(3)4;;/h;;;1H2;/q3*-1;;+3. The first kappa shape index (κ1) is 29.4. The Bertz CT molecular complexity index is 113. The molecule has 0 atom stereocenters. The average molecular weight is 295 g/mol. The molecule has 81 valence electrons. The second-order valence-electron chi connectivity index (χ2n) is 0.671. The second-order valence-corrected chi connectivity index (χ2v) is 0.671. The predicted octanol–water partition coefficient (Wildman–Crippen LogP) is -1.54. The number of rotatable bonds is 0. The first-order chi connectivity index (χ1) is 5.20. The Labute approximate surface area is 93.3 Å². The summed E-state index contributed by atoms with van der Waals surface area (Å²) in [5.41, 5.74) is 0. The maximum Gasteiger partial charge on any atom is 3.00 e. The van der Waals surface area contributed by atoms with E-state index in [0.717, 1.165) is 0 Å². The SMILES string of the molecule is O.O=[N+]([O-])[O-].O=[N+]([O-])[O-].O=[N+]([O-])[O-].[Zr+3]. The van der Waals surface area contributed by atoms with Gasteiger partial charge < -0.3 is 51.4 Å². The fourth-order valence-corrected chi connectivity index (χ4v) is 0. The Morgan fingerprint density at radius 2 is 0.571 bits per heavy atom. The molecule has 2 N–H and O–H groups in total. The van der Waals surface area contributed by atoms with Crippen molar-refractivity contribution in [2.24, 2.45) is 0 Å². The van der Waals surface area contributed by atoms with E-state index in [9.17, 15) is 0 Å². The van der Waals surface area contributed by atoms with Gasteiger partial charge in [-0.05, 0) is 0 Å². The molecule has 0 fully saturated rings. The molecule has 0 aliphatic heterocycles. The summed E-state index contributed by atoms with van der Waals surface area (Å²) >= 11 is 0. The van der Waals surface area contributed by atoms with E-state index in [4.69, 9.17) is 46.0 Å². The molecule has 14 heavy (non-hydrogen) atoms. The van der Waals surface area contributed by atoms with E-state index in [1.165, 1.54) is 0 Å². The molecule has 0 rings (SSSR count). The molecule has 0 amide bonds. The van der Waals surface area contributed by atoms with E-state index in [1.54, 1.807) is 0 Å². The summed E-state index contributed by atoms with van der Waals surface area (Å²) in [4.78, 5) is 24.8. The van der Waals surface area contributed by atoms with Crippen molar-refractivity contribution in [2.45, 2.75) is 0 Å². The molecule has 0 aromatic carbocycles. The van der Waals surface area contributed by atoms with Crippen molar-refractivity contribution < 1.29 is 46.9 Å². The van der Waals surface area contributed by atoms with Crippen molar-refractivity contribution in [1.29, 1.82) is 0 Å². The maximum absolute atomic E-state index is 8.25. The molecule has 1 radical (unpaired) electrons. The van der Waals surface area contributed by atoms with Crippen LogP contribution in [0.1, 0.15) is 0 Å². The van der Waals surface area contributed by atoms with Crippen molar-refractivity contribution in [3.05, 3.63) is 46.0 Å². The minimum atomic E-state index is -1.75. The summed E-state index contributed by atoms with van der Waals surface area (Å²) in [6.45, 7) is 0. The van der Waals surface area contributed by atoms with Crippen LogP contribution in [0.15, 0.2) is 0 Å². The van der Waals surface area contributed by atoms with Crippen molar-refractivity contribution in [3.8, 4) is 0 Å². The van der Waals surface area contributed by atoms with Crippen LogP contribution in [0, 0.1) is 46.0 Å². The topological polar surface area (TPSA) is 230 Å². The fraction of sp³-hybridized carbons (Fsp3) is 0. The van der Waals surface area contributed by atoms with Crippen LogP contribution in [0.3, 0.4) is 0 Å². The van der Waals surface area contributed by atoms with Crippen molar-refractivity contribution >= 4 is 0 Å². The summed E-state index contributed by atoms with van der Waals surface area (Å²) in [5, 5.41) is 44.2. The molecule has 0 saturated carbocycles. The zero-order valence-corrected chi connectivity index (χ0v) is 8.47. The van der Waals surface area contributed by atoms with Gasteiger partial charge in [-0.15, -0.1) is 0 Å². The maximum atomic E-state index is 8.25. The molecule has 0 spiro atoms. The van der Waals surface area contributed by atoms with Gasteiger partial charge in [0.15, 0.2) is 0 Å². The smallest absolute Gasteiger partial charge is 0.412 e. The normalized spacial score (nSPS) is 5.14. The van der Waals surface area contributed by atoms with Crippen molar-refractivity contribution in [2.75, 3.05) is 0 Å². The number of nitrogens with zero attached hydrogens (tertiary/aromatic N) is 3. The van der Waals surface area contributed by atoms with Crippen molar-refractivity contribution in [1.82, 2.24) is 0 Å². The monoisotopic (exact) mass is 294 g/mol. The summed E-state index contributed by atoms with van der Waals surface area (Å²) in [5.74, 6) is 0. The molecule has 0 unspecified atom stereocenters. The van der Waals surface area contributed by atoms with Crippen LogP contribution in [0.5, 0.6) is 0 Å². The van der Waals surface area contributed by atoms with E-state index in [0.29, 0.717) is 0 Å². The van der Waals surface area contributed by atoms with Gasteiger partial charge in [0.2, 0.25) is 0 Å². The summed E-state index contributed by atoms with van der Waals surface area (Å²) in [6.07, 6.45) is 0. The van der Waals surface area contributed by atoms with E-state index in [1.807, 2.05) is 0 Å². The van der Waals surface area contributed by atoms with Crippen LogP contribution in [0.4, 0.5) is 0 Å². The van der Waals surface area contributed by atoms with Gasteiger partial charge in [-0.3, -0.25) is 0 Å². The van der Waals surface area contributed by atoms with Crippen molar-refractivity contribution in [3.63, 3.8) is 0 Å². The molecular formula is H2N3O10Zr. The summed E-state index contributed by atoms with van der Waals surface area (Å²) in [7, 11) is 0. The number of hydrogen-bond donors (Lipinski definition) is 0. The minimum absolute atomic E-state index is 0.